The Morgan fingerprint density at radius 2 is 1.54 bits per heavy atom. The Kier molecular flexibility index (Phi) is 6.96. The van der Waals surface area contributed by atoms with Crippen LogP contribution in [-0.2, 0) is 9.53 Å². The van der Waals surface area contributed by atoms with Gasteiger partial charge in [-0.3, -0.25) is 4.79 Å². The van der Waals surface area contributed by atoms with E-state index in [1.54, 1.807) is 24.3 Å². The highest BCUT2D eigenvalue weighted by atomic mass is 79.9. The summed E-state index contributed by atoms with van der Waals surface area (Å²) in [6.07, 6.45) is -1.07. The molecule has 0 aliphatic heterocycles. The number of hydrogen-bond acceptors (Lipinski definition) is 4. The number of amides is 1. The lowest BCUT2D eigenvalue weighted by Crippen LogP contribution is -2.48. The molecular weight excluding hydrogens is 398 g/mol. The molecule has 2 aromatic rings. The van der Waals surface area contributed by atoms with Crippen molar-refractivity contribution in [2.45, 2.75) is 19.1 Å². The van der Waals surface area contributed by atoms with Gasteiger partial charge < -0.3 is 15.2 Å². The number of hydrogen-bond donors (Lipinski definition) is 2. The minimum absolute atomic E-state index is 0.355. The Balaban J connectivity index is 2.08. The van der Waals surface area contributed by atoms with E-state index in [4.69, 9.17) is 0 Å². The molecule has 0 heterocycles. The smallest absolute Gasteiger partial charge is 0.331 e. The van der Waals surface area contributed by atoms with Crippen molar-refractivity contribution in [3.05, 3.63) is 69.7 Å². The molecule has 6 heteroatoms. The van der Waals surface area contributed by atoms with E-state index in [2.05, 4.69) is 37.8 Å². The second kappa shape index (κ2) is 9.18. The lowest BCUT2D eigenvalue weighted by atomic mass is 10.1. The second-order valence-electron chi connectivity index (χ2n) is 5.55. The van der Waals surface area contributed by atoms with Gasteiger partial charge in [0.15, 0.2) is 6.04 Å². The Morgan fingerprint density at radius 3 is 2.00 bits per heavy atom. The zero-order chi connectivity index (χ0) is 19.1. The van der Waals surface area contributed by atoms with E-state index in [-0.39, 0.29) is 0 Å². The van der Waals surface area contributed by atoms with Crippen LogP contribution in [0.15, 0.2) is 53.0 Å². The second-order valence-corrected chi connectivity index (χ2v) is 6.46. The van der Waals surface area contributed by atoms with Crippen LogP contribution in [0.25, 0.3) is 0 Å². The van der Waals surface area contributed by atoms with Crippen molar-refractivity contribution in [1.29, 1.82) is 0 Å². The fourth-order valence-corrected chi connectivity index (χ4v) is 2.37. The maximum atomic E-state index is 12.2. The number of carbonyl (C=O) groups excluding carboxylic acids is 2. The summed E-state index contributed by atoms with van der Waals surface area (Å²) in [6.45, 7) is 1.41. The van der Waals surface area contributed by atoms with Crippen LogP contribution in [0.3, 0.4) is 0 Å². The molecule has 0 saturated carbocycles. The van der Waals surface area contributed by atoms with Crippen LogP contribution >= 0.6 is 15.9 Å². The van der Waals surface area contributed by atoms with Gasteiger partial charge >= 0.3 is 5.97 Å². The number of halogens is 1. The summed E-state index contributed by atoms with van der Waals surface area (Å²) in [5.74, 6) is 4.88. The number of methoxy groups -OCH3 is 1. The summed E-state index contributed by atoms with van der Waals surface area (Å²) in [6, 6.07) is 13.2. The molecule has 2 N–H and O–H groups in total. The van der Waals surface area contributed by atoms with Crippen LogP contribution < -0.4 is 5.32 Å². The molecule has 0 radical (unpaired) electrons. The summed E-state index contributed by atoms with van der Waals surface area (Å²) >= 11 is 3.37. The average molecular weight is 416 g/mol. The van der Waals surface area contributed by atoms with Gasteiger partial charge in [-0.1, -0.05) is 27.8 Å². The lowest BCUT2D eigenvalue weighted by molar-refractivity contribution is -0.145. The molecule has 2 rings (SSSR count). The number of benzene rings is 2. The summed E-state index contributed by atoms with van der Waals surface area (Å²) in [5, 5.41) is 12.1. The van der Waals surface area contributed by atoms with Gasteiger partial charge in [-0.15, -0.1) is 0 Å². The van der Waals surface area contributed by atoms with Crippen molar-refractivity contribution in [3.63, 3.8) is 0 Å². The van der Waals surface area contributed by atoms with Crippen molar-refractivity contribution in [1.82, 2.24) is 5.32 Å². The van der Waals surface area contributed by atoms with E-state index in [1.807, 2.05) is 24.3 Å². The Labute approximate surface area is 160 Å². The highest BCUT2D eigenvalue weighted by molar-refractivity contribution is 9.10. The standard InChI is InChI=1S/C20H18BrNO4/c1-13(23)18(20(25)26-2)22-19(24)16-9-5-14(6-10-16)3-4-15-7-11-17(21)12-8-15/h5-13,18,23H,1-2H3,(H,22,24)/t13-,18-/m1/s1. The third-order valence-corrected chi connectivity index (χ3v) is 4.10. The van der Waals surface area contributed by atoms with E-state index in [0.29, 0.717) is 5.56 Å². The van der Waals surface area contributed by atoms with Gasteiger partial charge in [0.2, 0.25) is 0 Å². The molecule has 0 saturated heterocycles. The van der Waals surface area contributed by atoms with E-state index < -0.39 is 24.0 Å². The largest absolute Gasteiger partial charge is 0.467 e. The monoisotopic (exact) mass is 415 g/mol. The Bertz CT molecular complexity index is 833. The molecule has 2 aromatic carbocycles. The molecule has 0 unspecified atom stereocenters. The van der Waals surface area contributed by atoms with E-state index >= 15 is 0 Å². The van der Waals surface area contributed by atoms with E-state index in [1.165, 1.54) is 14.0 Å². The zero-order valence-corrected chi connectivity index (χ0v) is 15.9. The summed E-state index contributed by atoms with van der Waals surface area (Å²) < 4.78 is 5.56. The van der Waals surface area contributed by atoms with Gasteiger partial charge in [-0.2, -0.15) is 0 Å². The molecule has 0 bridgehead atoms. The molecule has 0 aliphatic carbocycles. The maximum Gasteiger partial charge on any atom is 0.331 e. The van der Waals surface area contributed by atoms with Crippen molar-refractivity contribution in [2.75, 3.05) is 7.11 Å². The van der Waals surface area contributed by atoms with Crippen LogP contribution in [-0.4, -0.2) is 36.2 Å². The van der Waals surface area contributed by atoms with Crippen LogP contribution in [0.2, 0.25) is 0 Å². The third kappa shape index (κ3) is 5.45. The lowest BCUT2D eigenvalue weighted by Gasteiger charge is -2.18. The van der Waals surface area contributed by atoms with Crippen LogP contribution in [0.1, 0.15) is 28.4 Å². The van der Waals surface area contributed by atoms with Crippen LogP contribution in [0.4, 0.5) is 0 Å². The molecule has 0 fully saturated rings. The average Bonchev–Trinajstić information content (AvgIpc) is 2.65. The maximum absolute atomic E-state index is 12.2. The number of esters is 1. The fourth-order valence-electron chi connectivity index (χ4n) is 2.11. The third-order valence-electron chi connectivity index (χ3n) is 3.57. The molecule has 0 aromatic heterocycles. The molecule has 0 spiro atoms. The molecule has 134 valence electrons. The molecule has 26 heavy (non-hydrogen) atoms. The van der Waals surface area contributed by atoms with Crippen molar-refractivity contribution < 1.29 is 19.4 Å². The molecule has 0 aliphatic rings. The zero-order valence-electron chi connectivity index (χ0n) is 14.3. The first-order valence-electron chi connectivity index (χ1n) is 7.85. The molecule has 5 nitrogen and oxygen atoms in total. The number of nitrogens with one attached hydrogen (secondary N) is 1. The first-order chi connectivity index (χ1) is 12.4. The number of carbonyl (C=O) groups is 2. The molecular formula is C20H18BrNO4. The molecule has 1 amide bonds. The first-order valence-corrected chi connectivity index (χ1v) is 8.64. The highest BCUT2D eigenvalue weighted by Crippen LogP contribution is 2.10. The van der Waals surface area contributed by atoms with Gasteiger partial charge in [0.25, 0.3) is 5.91 Å². The minimum atomic E-state index is -1.12. The minimum Gasteiger partial charge on any atom is -0.467 e. The predicted octanol–water partition coefficient (Wildman–Crippen LogP) is 2.50. The fraction of sp³-hybridized carbons (Fsp3) is 0.200. The Morgan fingerprint density at radius 1 is 1.04 bits per heavy atom. The van der Waals surface area contributed by atoms with Crippen molar-refractivity contribution in [2.24, 2.45) is 0 Å². The van der Waals surface area contributed by atoms with Gasteiger partial charge in [0, 0.05) is 21.2 Å². The summed E-state index contributed by atoms with van der Waals surface area (Å²) in [4.78, 5) is 23.8. The van der Waals surface area contributed by atoms with Crippen LogP contribution in [0.5, 0.6) is 0 Å². The number of ether oxygens (including phenoxy) is 1. The first kappa shape index (κ1) is 19.7. The number of rotatable bonds is 4. The topological polar surface area (TPSA) is 75.6 Å². The van der Waals surface area contributed by atoms with Gasteiger partial charge in [-0.25, -0.2) is 4.79 Å². The van der Waals surface area contributed by atoms with Crippen LogP contribution in [0, 0.1) is 11.8 Å². The summed E-state index contributed by atoms with van der Waals surface area (Å²) in [5.41, 5.74) is 1.99. The number of aliphatic hydroxyl groups is 1. The van der Waals surface area contributed by atoms with E-state index in [0.717, 1.165) is 15.6 Å². The Hall–Kier alpha value is -2.62. The highest BCUT2D eigenvalue weighted by Gasteiger charge is 2.26. The summed E-state index contributed by atoms with van der Waals surface area (Å²) in [7, 11) is 1.20. The van der Waals surface area contributed by atoms with Gasteiger partial charge in [0.05, 0.1) is 13.2 Å². The predicted molar refractivity (Wildman–Crippen MR) is 102 cm³/mol. The van der Waals surface area contributed by atoms with Crippen molar-refractivity contribution in [3.8, 4) is 11.8 Å². The van der Waals surface area contributed by atoms with E-state index in [9.17, 15) is 14.7 Å². The quantitative estimate of drug-likeness (QED) is 0.594. The SMILES string of the molecule is COC(=O)[C@H](NC(=O)c1ccc(C#Cc2ccc(Br)cc2)cc1)[C@@H](C)O. The normalized spacial score (nSPS) is 12.3. The van der Waals surface area contributed by atoms with Gasteiger partial charge in [-0.05, 0) is 55.5 Å². The van der Waals surface area contributed by atoms with Gasteiger partial charge in [0.1, 0.15) is 0 Å². The van der Waals surface area contributed by atoms with Crippen molar-refractivity contribution >= 4 is 27.8 Å². The molecule has 2 atom stereocenters. The number of aliphatic hydroxyl groups excluding tert-OH is 1.